The molecule has 4 aromatic rings. The molecule has 1 aliphatic rings. The Morgan fingerprint density at radius 3 is 2.61 bits per heavy atom. The Balaban J connectivity index is 1.59. The van der Waals surface area contributed by atoms with E-state index < -0.39 is 23.5 Å². The highest BCUT2D eigenvalue weighted by Gasteiger charge is 2.45. The number of thiazole rings is 1. The molecule has 5 rings (SSSR count). The van der Waals surface area contributed by atoms with Gasteiger partial charge in [0.2, 0.25) is 0 Å². The number of ether oxygens (including phenoxy) is 1. The lowest BCUT2D eigenvalue weighted by atomic mass is 9.95. The number of fused-ring (bicyclic) bond motifs is 1. The number of rotatable bonds is 7. The van der Waals surface area contributed by atoms with Crippen LogP contribution in [0.15, 0.2) is 90.2 Å². The largest absolute Gasteiger partial charge is 0.503 e. The predicted molar refractivity (Wildman–Crippen MR) is 143 cm³/mol. The zero-order valence-electron chi connectivity index (χ0n) is 19.2. The number of nitrogens with zero attached hydrogens (tertiary/aromatic N) is 2. The highest BCUT2D eigenvalue weighted by Crippen LogP contribution is 2.44. The second kappa shape index (κ2) is 9.97. The van der Waals surface area contributed by atoms with E-state index in [0.717, 1.165) is 10.3 Å². The van der Waals surface area contributed by atoms with Gasteiger partial charge in [0, 0.05) is 5.02 Å². The van der Waals surface area contributed by atoms with E-state index >= 15 is 0 Å². The fourth-order valence-electron chi connectivity index (χ4n) is 4.10. The molecule has 1 atom stereocenters. The minimum atomic E-state index is -0.864. The van der Waals surface area contributed by atoms with Crippen molar-refractivity contribution in [3.8, 4) is 5.75 Å². The number of carbonyl (C=O) groups excluding carboxylic acids is 2. The third-order valence-corrected chi connectivity index (χ3v) is 7.00. The van der Waals surface area contributed by atoms with Crippen molar-refractivity contribution < 1.29 is 19.4 Å². The first-order valence-electron chi connectivity index (χ1n) is 11.3. The molecule has 1 N–H and O–H groups in total. The topological polar surface area (TPSA) is 79.7 Å². The standard InChI is InChI=1S/C28H21ClN2O4S/c1-2-35-20-12-9-18(10-13-20)25-24(22(32)15-8-17-6-4-3-5-7-17)26(33)27(34)31(25)28-30-21-14-11-19(29)16-23(21)36-28/h3-16,25,33H,2H2,1H3. The van der Waals surface area contributed by atoms with Gasteiger partial charge in [-0.15, -0.1) is 0 Å². The highest BCUT2D eigenvalue weighted by atomic mass is 35.5. The summed E-state index contributed by atoms with van der Waals surface area (Å²) >= 11 is 7.41. The molecule has 8 heteroatoms. The van der Waals surface area contributed by atoms with Crippen molar-refractivity contribution in [2.75, 3.05) is 11.5 Å². The summed E-state index contributed by atoms with van der Waals surface area (Å²) in [5.41, 5.74) is 2.13. The fourth-order valence-corrected chi connectivity index (χ4v) is 5.37. The van der Waals surface area contributed by atoms with Crippen LogP contribution in [-0.4, -0.2) is 28.4 Å². The van der Waals surface area contributed by atoms with Crippen LogP contribution in [0, 0.1) is 0 Å². The smallest absolute Gasteiger partial charge is 0.296 e. The van der Waals surface area contributed by atoms with Crippen molar-refractivity contribution in [3.63, 3.8) is 0 Å². The van der Waals surface area contributed by atoms with Crippen LogP contribution in [0.1, 0.15) is 24.1 Å². The number of ketones is 1. The summed E-state index contributed by atoms with van der Waals surface area (Å²) in [5.74, 6) is -1.07. The normalized spacial score (nSPS) is 15.9. The molecule has 180 valence electrons. The van der Waals surface area contributed by atoms with Gasteiger partial charge in [-0.1, -0.05) is 71.5 Å². The average molecular weight is 517 g/mol. The number of hydrogen-bond acceptors (Lipinski definition) is 6. The van der Waals surface area contributed by atoms with Crippen LogP contribution >= 0.6 is 22.9 Å². The van der Waals surface area contributed by atoms with E-state index in [2.05, 4.69) is 4.98 Å². The van der Waals surface area contributed by atoms with Gasteiger partial charge in [0.25, 0.3) is 5.91 Å². The zero-order chi connectivity index (χ0) is 25.2. The molecular formula is C28H21ClN2O4S. The van der Waals surface area contributed by atoms with Crippen molar-refractivity contribution in [1.82, 2.24) is 4.98 Å². The highest BCUT2D eigenvalue weighted by molar-refractivity contribution is 7.22. The minimum Gasteiger partial charge on any atom is -0.503 e. The quantitative estimate of drug-likeness (QED) is 0.282. The molecule has 36 heavy (non-hydrogen) atoms. The van der Waals surface area contributed by atoms with E-state index in [0.29, 0.717) is 33.6 Å². The van der Waals surface area contributed by atoms with Gasteiger partial charge in [0.1, 0.15) is 5.75 Å². The van der Waals surface area contributed by atoms with Crippen LogP contribution in [0.2, 0.25) is 5.02 Å². The van der Waals surface area contributed by atoms with Crippen molar-refractivity contribution in [2.45, 2.75) is 13.0 Å². The summed E-state index contributed by atoms with van der Waals surface area (Å²) in [6.45, 7) is 2.40. The van der Waals surface area contributed by atoms with Crippen LogP contribution in [-0.2, 0) is 9.59 Å². The number of hydrogen-bond donors (Lipinski definition) is 1. The van der Waals surface area contributed by atoms with Crippen LogP contribution in [0.3, 0.4) is 0 Å². The molecule has 1 aliphatic heterocycles. The molecule has 0 saturated carbocycles. The Morgan fingerprint density at radius 1 is 1.14 bits per heavy atom. The first kappa shape index (κ1) is 23.8. The van der Waals surface area contributed by atoms with E-state index in [9.17, 15) is 14.7 Å². The number of aliphatic hydroxyl groups excluding tert-OH is 1. The number of aliphatic hydroxyl groups is 1. The van der Waals surface area contributed by atoms with Crippen molar-refractivity contribution in [1.29, 1.82) is 0 Å². The zero-order valence-corrected chi connectivity index (χ0v) is 20.8. The summed E-state index contributed by atoms with van der Waals surface area (Å²) in [6, 6.07) is 20.9. The number of benzene rings is 3. The summed E-state index contributed by atoms with van der Waals surface area (Å²) in [6.07, 6.45) is 3.03. The van der Waals surface area contributed by atoms with Crippen molar-refractivity contribution >= 4 is 56.1 Å². The maximum Gasteiger partial charge on any atom is 0.296 e. The van der Waals surface area contributed by atoms with E-state index in [1.165, 1.54) is 22.3 Å². The van der Waals surface area contributed by atoms with Crippen LogP contribution in [0.4, 0.5) is 5.13 Å². The molecule has 1 aromatic heterocycles. The SMILES string of the molecule is CCOc1ccc(C2C(C(=O)C=Cc3ccccc3)=C(O)C(=O)N2c2nc3ccc(Cl)cc3s2)cc1. The maximum absolute atomic E-state index is 13.4. The van der Waals surface area contributed by atoms with Gasteiger partial charge in [-0.2, -0.15) is 0 Å². The molecule has 0 spiro atoms. The summed E-state index contributed by atoms with van der Waals surface area (Å²) in [7, 11) is 0. The molecule has 0 aliphatic carbocycles. The molecule has 1 unspecified atom stereocenters. The second-order valence-corrected chi connectivity index (χ2v) is 9.50. The third kappa shape index (κ3) is 4.51. The van der Waals surface area contributed by atoms with E-state index in [-0.39, 0.29) is 5.57 Å². The van der Waals surface area contributed by atoms with E-state index in [4.69, 9.17) is 16.3 Å². The number of allylic oxidation sites excluding steroid dienone is 1. The first-order chi connectivity index (χ1) is 17.5. The number of halogens is 1. The summed E-state index contributed by atoms with van der Waals surface area (Å²) in [4.78, 5) is 32.7. The maximum atomic E-state index is 13.4. The number of amides is 1. The Bertz CT molecular complexity index is 1510. The number of carbonyl (C=O) groups is 2. The lowest BCUT2D eigenvalue weighted by Gasteiger charge is -2.24. The third-order valence-electron chi connectivity index (χ3n) is 5.75. The van der Waals surface area contributed by atoms with Gasteiger partial charge in [-0.3, -0.25) is 14.5 Å². The second-order valence-electron chi connectivity index (χ2n) is 8.06. The lowest BCUT2D eigenvalue weighted by Crippen LogP contribution is -2.30. The summed E-state index contributed by atoms with van der Waals surface area (Å²) < 4.78 is 6.34. The van der Waals surface area contributed by atoms with E-state index in [1.54, 1.807) is 48.5 Å². The summed E-state index contributed by atoms with van der Waals surface area (Å²) in [5, 5.41) is 11.8. The van der Waals surface area contributed by atoms with Gasteiger partial charge in [-0.25, -0.2) is 4.98 Å². The van der Waals surface area contributed by atoms with Gasteiger partial charge in [0.05, 0.1) is 28.4 Å². The van der Waals surface area contributed by atoms with Gasteiger partial charge in [-0.05, 0) is 54.5 Å². The minimum absolute atomic E-state index is 0.00590. The Labute approximate surface area is 216 Å². The molecule has 0 radical (unpaired) electrons. The molecule has 0 fully saturated rings. The molecule has 2 heterocycles. The molecule has 0 bridgehead atoms. The predicted octanol–water partition coefficient (Wildman–Crippen LogP) is 6.53. The van der Waals surface area contributed by atoms with Crippen LogP contribution < -0.4 is 9.64 Å². The van der Waals surface area contributed by atoms with E-state index in [1.807, 2.05) is 37.3 Å². The van der Waals surface area contributed by atoms with Gasteiger partial charge in [0.15, 0.2) is 16.7 Å². The van der Waals surface area contributed by atoms with Crippen LogP contribution in [0.25, 0.3) is 16.3 Å². The molecular weight excluding hydrogens is 496 g/mol. The van der Waals surface area contributed by atoms with Crippen molar-refractivity contribution in [3.05, 3.63) is 106 Å². The molecule has 6 nitrogen and oxygen atoms in total. The average Bonchev–Trinajstić information content (AvgIpc) is 3.41. The molecule has 1 amide bonds. The Morgan fingerprint density at radius 2 is 1.89 bits per heavy atom. The lowest BCUT2D eigenvalue weighted by molar-refractivity contribution is -0.117. The fraction of sp³-hybridized carbons (Fsp3) is 0.107. The first-order valence-corrected chi connectivity index (χ1v) is 12.5. The number of anilines is 1. The van der Waals surface area contributed by atoms with Gasteiger partial charge < -0.3 is 9.84 Å². The molecule has 3 aromatic carbocycles. The Kier molecular flexibility index (Phi) is 6.59. The monoisotopic (exact) mass is 516 g/mol. The van der Waals surface area contributed by atoms with Gasteiger partial charge >= 0.3 is 0 Å². The van der Waals surface area contributed by atoms with Crippen molar-refractivity contribution in [2.24, 2.45) is 0 Å². The number of aromatic nitrogens is 1. The van der Waals surface area contributed by atoms with Crippen LogP contribution in [0.5, 0.6) is 5.75 Å². The Hall–Kier alpha value is -3.94. The molecule has 0 saturated heterocycles.